The van der Waals surface area contributed by atoms with Crippen LogP contribution in [0.25, 0.3) is 0 Å². The first kappa shape index (κ1) is 14.4. The molecule has 0 saturated heterocycles. The highest BCUT2D eigenvalue weighted by Crippen LogP contribution is 2.45. The van der Waals surface area contributed by atoms with Gasteiger partial charge in [-0.15, -0.1) is 0 Å². The predicted octanol–water partition coefficient (Wildman–Crippen LogP) is 2.19. The Balaban J connectivity index is 3.00. The minimum Gasteiger partial charge on any atom is -0.390 e. The Hall–Kier alpha value is -0.670. The average Bonchev–Trinajstić information content (AvgIpc) is 2.23. The van der Waals surface area contributed by atoms with E-state index in [4.69, 9.17) is 4.74 Å². The Kier molecular flexibility index (Phi) is 4.50. The van der Waals surface area contributed by atoms with Crippen LogP contribution in [0, 0.1) is 17.3 Å². The predicted molar refractivity (Wildman–Crippen MR) is 67.7 cm³/mol. The van der Waals surface area contributed by atoms with Crippen molar-refractivity contribution in [1.29, 1.82) is 0 Å². The Labute approximate surface area is 104 Å². The molecule has 0 aromatic heterocycles. The molecule has 1 rings (SSSR count). The van der Waals surface area contributed by atoms with Crippen molar-refractivity contribution < 1.29 is 14.6 Å². The number of rotatable bonds is 3. The van der Waals surface area contributed by atoms with Gasteiger partial charge in [0.1, 0.15) is 0 Å². The standard InChI is InChI=1S/C14H24O3/c1-6-7-10(15)12-9(2)13(16)11(17-5)8-14(12,3)4/h6-7,9,11-13,16H,8H2,1-5H3/b7-6+. The minimum atomic E-state index is -0.563. The van der Waals surface area contributed by atoms with E-state index in [2.05, 4.69) is 13.8 Å². The molecular formula is C14H24O3. The van der Waals surface area contributed by atoms with Crippen LogP contribution in [0.3, 0.4) is 0 Å². The van der Waals surface area contributed by atoms with E-state index in [9.17, 15) is 9.90 Å². The fraction of sp³-hybridized carbons (Fsp3) is 0.786. The van der Waals surface area contributed by atoms with Gasteiger partial charge < -0.3 is 9.84 Å². The molecule has 0 bridgehead atoms. The summed E-state index contributed by atoms with van der Waals surface area (Å²) in [6.45, 7) is 7.93. The molecule has 0 radical (unpaired) electrons. The van der Waals surface area contributed by atoms with Gasteiger partial charge in [0, 0.05) is 13.0 Å². The van der Waals surface area contributed by atoms with Crippen LogP contribution >= 0.6 is 0 Å². The van der Waals surface area contributed by atoms with Crippen molar-refractivity contribution >= 4 is 5.78 Å². The fourth-order valence-electron chi connectivity index (χ4n) is 3.15. The van der Waals surface area contributed by atoms with E-state index in [1.54, 1.807) is 19.3 Å². The molecule has 17 heavy (non-hydrogen) atoms. The topological polar surface area (TPSA) is 46.5 Å². The number of allylic oxidation sites excluding steroid dienone is 2. The number of carbonyl (C=O) groups excluding carboxylic acids is 1. The van der Waals surface area contributed by atoms with Gasteiger partial charge in [-0.2, -0.15) is 0 Å². The lowest BCUT2D eigenvalue weighted by molar-refractivity contribution is -0.147. The van der Waals surface area contributed by atoms with E-state index in [1.807, 2.05) is 13.8 Å². The van der Waals surface area contributed by atoms with Gasteiger partial charge in [0.15, 0.2) is 5.78 Å². The van der Waals surface area contributed by atoms with Crippen molar-refractivity contribution in [2.75, 3.05) is 7.11 Å². The molecule has 0 aromatic rings. The number of methoxy groups -OCH3 is 1. The summed E-state index contributed by atoms with van der Waals surface area (Å²) in [5, 5.41) is 10.2. The summed E-state index contributed by atoms with van der Waals surface area (Å²) in [6, 6.07) is 0. The smallest absolute Gasteiger partial charge is 0.159 e. The second kappa shape index (κ2) is 5.32. The Morgan fingerprint density at radius 2 is 2.06 bits per heavy atom. The first-order valence-corrected chi connectivity index (χ1v) is 6.22. The number of ether oxygens (including phenoxy) is 1. The van der Waals surface area contributed by atoms with Gasteiger partial charge in [0.05, 0.1) is 12.2 Å². The van der Waals surface area contributed by atoms with E-state index in [1.165, 1.54) is 0 Å². The minimum absolute atomic E-state index is 0.0765. The van der Waals surface area contributed by atoms with Gasteiger partial charge >= 0.3 is 0 Å². The zero-order chi connectivity index (χ0) is 13.2. The molecule has 4 unspecified atom stereocenters. The Morgan fingerprint density at radius 1 is 1.47 bits per heavy atom. The number of aliphatic hydroxyl groups is 1. The first-order chi connectivity index (χ1) is 7.85. The molecule has 1 aliphatic rings. The second-order valence-corrected chi connectivity index (χ2v) is 5.70. The molecule has 0 amide bonds. The van der Waals surface area contributed by atoms with E-state index >= 15 is 0 Å². The normalized spacial score (nSPS) is 37.3. The zero-order valence-corrected chi connectivity index (χ0v) is 11.4. The molecule has 1 aliphatic carbocycles. The maximum absolute atomic E-state index is 12.1. The monoisotopic (exact) mass is 240 g/mol. The third-order valence-corrected chi connectivity index (χ3v) is 3.95. The molecule has 0 aromatic carbocycles. The largest absolute Gasteiger partial charge is 0.390 e. The third kappa shape index (κ3) is 2.78. The lowest BCUT2D eigenvalue weighted by Gasteiger charge is -2.47. The molecule has 4 atom stereocenters. The Bertz CT molecular complexity index is 307. The van der Waals surface area contributed by atoms with Gasteiger partial charge in [-0.25, -0.2) is 0 Å². The average molecular weight is 240 g/mol. The summed E-state index contributed by atoms with van der Waals surface area (Å²) >= 11 is 0. The maximum atomic E-state index is 12.1. The lowest BCUT2D eigenvalue weighted by atomic mass is 9.60. The molecule has 1 saturated carbocycles. The van der Waals surface area contributed by atoms with Crippen LogP contribution in [0.4, 0.5) is 0 Å². The molecule has 0 aliphatic heterocycles. The molecule has 98 valence electrons. The van der Waals surface area contributed by atoms with Crippen LogP contribution in [0.15, 0.2) is 12.2 Å². The van der Waals surface area contributed by atoms with E-state index < -0.39 is 6.10 Å². The second-order valence-electron chi connectivity index (χ2n) is 5.70. The number of hydrogen-bond acceptors (Lipinski definition) is 3. The van der Waals surface area contributed by atoms with Crippen LogP contribution in [0.1, 0.15) is 34.1 Å². The summed E-state index contributed by atoms with van der Waals surface area (Å²) in [5.41, 5.74) is -0.143. The van der Waals surface area contributed by atoms with Crippen molar-refractivity contribution in [3.63, 3.8) is 0 Å². The highest BCUT2D eigenvalue weighted by Gasteiger charge is 2.48. The molecular weight excluding hydrogens is 216 g/mol. The molecule has 3 nitrogen and oxygen atoms in total. The van der Waals surface area contributed by atoms with E-state index in [0.29, 0.717) is 6.42 Å². The number of ketones is 1. The van der Waals surface area contributed by atoms with Gasteiger partial charge in [-0.05, 0) is 30.8 Å². The highest BCUT2D eigenvalue weighted by atomic mass is 16.5. The van der Waals surface area contributed by atoms with Crippen molar-refractivity contribution in [2.45, 2.75) is 46.3 Å². The highest BCUT2D eigenvalue weighted by molar-refractivity contribution is 5.92. The molecule has 1 N–H and O–H groups in total. The van der Waals surface area contributed by atoms with Crippen molar-refractivity contribution in [3.05, 3.63) is 12.2 Å². The van der Waals surface area contributed by atoms with E-state index in [-0.39, 0.29) is 29.1 Å². The number of carbonyl (C=O) groups is 1. The fourth-order valence-corrected chi connectivity index (χ4v) is 3.15. The van der Waals surface area contributed by atoms with Crippen LogP contribution in [0.2, 0.25) is 0 Å². The molecule has 3 heteroatoms. The summed E-state index contributed by atoms with van der Waals surface area (Å²) in [4.78, 5) is 12.1. The molecule has 0 heterocycles. The maximum Gasteiger partial charge on any atom is 0.159 e. The van der Waals surface area contributed by atoms with E-state index in [0.717, 1.165) is 0 Å². The zero-order valence-electron chi connectivity index (χ0n) is 11.4. The lowest BCUT2D eigenvalue weighted by Crippen LogP contribution is -2.52. The number of aliphatic hydroxyl groups excluding tert-OH is 1. The molecule has 0 spiro atoms. The summed E-state index contributed by atoms with van der Waals surface area (Å²) in [7, 11) is 1.62. The van der Waals surface area contributed by atoms with Crippen molar-refractivity contribution in [2.24, 2.45) is 17.3 Å². The summed E-state index contributed by atoms with van der Waals surface area (Å²) in [6.07, 6.45) is 3.35. The summed E-state index contributed by atoms with van der Waals surface area (Å²) < 4.78 is 5.32. The van der Waals surface area contributed by atoms with Crippen LogP contribution in [-0.4, -0.2) is 30.2 Å². The Morgan fingerprint density at radius 3 is 2.53 bits per heavy atom. The van der Waals surface area contributed by atoms with Crippen LogP contribution in [0.5, 0.6) is 0 Å². The first-order valence-electron chi connectivity index (χ1n) is 6.22. The van der Waals surface area contributed by atoms with Gasteiger partial charge in [-0.3, -0.25) is 4.79 Å². The van der Waals surface area contributed by atoms with Gasteiger partial charge in [-0.1, -0.05) is 26.8 Å². The SMILES string of the molecule is C/C=C/C(=O)C1C(C)C(O)C(OC)CC1(C)C. The third-order valence-electron chi connectivity index (χ3n) is 3.95. The van der Waals surface area contributed by atoms with Crippen molar-refractivity contribution in [3.8, 4) is 0 Å². The van der Waals surface area contributed by atoms with Crippen molar-refractivity contribution in [1.82, 2.24) is 0 Å². The van der Waals surface area contributed by atoms with Crippen LogP contribution < -0.4 is 0 Å². The van der Waals surface area contributed by atoms with Gasteiger partial charge in [0.25, 0.3) is 0 Å². The number of hydrogen-bond donors (Lipinski definition) is 1. The molecule has 1 fully saturated rings. The van der Waals surface area contributed by atoms with Gasteiger partial charge in [0.2, 0.25) is 0 Å². The van der Waals surface area contributed by atoms with Crippen LogP contribution in [-0.2, 0) is 9.53 Å². The summed E-state index contributed by atoms with van der Waals surface area (Å²) in [5.74, 6) is -0.105. The quantitative estimate of drug-likeness (QED) is 0.769.